The van der Waals surface area contributed by atoms with E-state index in [4.69, 9.17) is 9.47 Å². The molecule has 0 saturated carbocycles. The average molecular weight is 233 g/mol. The number of ether oxygens (including phenoxy) is 2. The van der Waals surface area contributed by atoms with E-state index >= 15 is 0 Å². The second-order valence-electron chi connectivity index (χ2n) is 3.96. The van der Waals surface area contributed by atoms with Gasteiger partial charge in [-0.3, -0.25) is 4.79 Å². The van der Waals surface area contributed by atoms with E-state index in [9.17, 15) is 4.79 Å². The SMILES string of the molecule is COc1cc2[nH]c(C)c(C)c(=O)c2cc1OC. The Morgan fingerprint density at radius 1 is 1.06 bits per heavy atom. The fourth-order valence-corrected chi connectivity index (χ4v) is 1.84. The van der Waals surface area contributed by atoms with Gasteiger partial charge in [0.05, 0.1) is 19.7 Å². The van der Waals surface area contributed by atoms with Gasteiger partial charge in [-0.05, 0) is 19.9 Å². The van der Waals surface area contributed by atoms with Crippen LogP contribution in [0, 0.1) is 13.8 Å². The molecule has 0 amide bonds. The molecule has 4 nitrogen and oxygen atoms in total. The van der Waals surface area contributed by atoms with E-state index in [1.807, 2.05) is 13.8 Å². The average Bonchev–Trinajstić information content (AvgIpc) is 2.34. The zero-order chi connectivity index (χ0) is 12.6. The maximum atomic E-state index is 12.1. The second-order valence-corrected chi connectivity index (χ2v) is 3.96. The molecule has 2 rings (SSSR count). The maximum Gasteiger partial charge on any atom is 0.192 e. The minimum absolute atomic E-state index is 0.0252. The molecule has 2 aromatic rings. The van der Waals surface area contributed by atoms with Crippen LogP contribution in [0.4, 0.5) is 0 Å². The molecule has 1 heterocycles. The van der Waals surface area contributed by atoms with Gasteiger partial charge in [-0.1, -0.05) is 0 Å². The van der Waals surface area contributed by atoms with Crippen molar-refractivity contribution in [3.05, 3.63) is 33.6 Å². The van der Waals surface area contributed by atoms with E-state index in [0.29, 0.717) is 16.9 Å². The molecule has 90 valence electrons. The van der Waals surface area contributed by atoms with Gasteiger partial charge in [0, 0.05) is 22.7 Å². The van der Waals surface area contributed by atoms with Crippen LogP contribution < -0.4 is 14.9 Å². The summed E-state index contributed by atoms with van der Waals surface area (Å²) in [6, 6.07) is 3.49. The molecular weight excluding hydrogens is 218 g/mol. The summed E-state index contributed by atoms with van der Waals surface area (Å²) in [7, 11) is 3.13. The van der Waals surface area contributed by atoms with Gasteiger partial charge in [0.15, 0.2) is 16.9 Å². The number of aromatic amines is 1. The Morgan fingerprint density at radius 3 is 2.24 bits per heavy atom. The van der Waals surface area contributed by atoms with E-state index in [-0.39, 0.29) is 5.43 Å². The number of hydrogen-bond acceptors (Lipinski definition) is 3. The number of hydrogen-bond donors (Lipinski definition) is 1. The van der Waals surface area contributed by atoms with Crippen LogP contribution in [0.3, 0.4) is 0 Å². The normalized spacial score (nSPS) is 10.6. The third-order valence-corrected chi connectivity index (χ3v) is 2.99. The molecule has 0 unspecified atom stereocenters. The highest BCUT2D eigenvalue weighted by Gasteiger charge is 2.10. The first-order valence-corrected chi connectivity index (χ1v) is 5.33. The monoisotopic (exact) mass is 233 g/mol. The number of benzene rings is 1. The summed E-state index contributed by atoms with van der Waals surface area (Å²) in [4.78, 5) is 15.3. The molecule has 1 aromatic heterocycles. The van der Waals surface area contributed by atoms with Crippen molar-refractivity contribution in [1.29, 1.82) is 0 Å². The van der Waals surface area contributed by atoms with Gasteiger partial charge in [0.1, 0.15) is 0 Å². The number of H-pyrrole nitrogens is 1. The van der Waals surface area contributed by atoms with Gasteiger partial charge in [-0.15, -0.1) is 0 Å². The summed E-state index contributed by atoms with van der Waals surface area (Å²) in [6.45, 7) is 3.69. The van der Waals surface area contributed by atoms with E-state index < -0.39 is 0 Å². The highest BCUT2D eigenvalue weighted by Crippen LogP contribution is 2.30. The molecule has 17 heavy (non-hydrogen) atoms. The predicted octanol–water partition coefficient (Wildman–Crippen LogP) is 2.16. The number of methoxy groups -OCH3 is 2. The van der Waals surface area contributed by atoms with Crippen molar-refractivity contribution in [2.75, 3.05) is 14.2 Å². The number of aromatic nitrogens is 1. The van der Waals surface area contributed by atoms with Crippen LogP contribution in [-0.4, -0.2) is 19.2 Å². The Morgan fingerprint density at radius 2 is 1.65 bits per heavy atom. The van der Waals surface area contributed by atoms with Crippen molar-refractivity contribution < 1.29 is 9.47 Å². The zero-order valence-electron chi connectivity index (χ0n) is 10.4. The van der Waals surface area contributed by atoms with Crippen LogP contribution in [0.2, 0.25) is 0 Å². The largest absolute Gasteiger partial charge is 0.493 e. The highest BCUT2D eigenvalue weighted by atomic mass is 16.5. The van der Waals surface area contributed by atoms with Crippen molar-refractivity contribution in [3.8, 4) is 11.5 Å². The predicted molar refractivity (Wildman–Crippen MR) is 67.1 cm³/mol. The van der Waals surface area contributed by atoms with E-state index in [2.05, 4.69) is 4.98 Å². The second kappa shape index (κ2) is 4.13. The smallest absolute Gasteiger partial charge is 0.192 e. The summed E-state index contributed by atoms with van der Waals surface area (Å²) in [5.74, 6) is 1.17. The topological polar surface area (TPSA) is 51.3 Å². The molecule has 0 atom stereocenters. The molecule has 1 aromatic carbocycles. The minimum Gasteiger partial charge on any atom is -0.493 e. The van der Waals surface area contributed by atoms with Crippen LogP contribution >= 0.6 is 0 Å². The van der Waals surface area contributed by atoms with Crippen molar-refractivity contribution >= 4 is 10.9 Å². The van der Waals surface area contributed by atoms with E-state index in [1.165, 1.54) is 0 Å². The summed E-state index contributed by atoms with van der Waals surface area (Å²) < 4.78 is 10.4. The molecule has 0 bridgehead atoms. The fourth-order valence-electron chi connectivity index (χ4n) is 1.84. The molecule has 0 aliphatic carbocycles. The first-order valence-electron chi connectivity index (χ1n) is 5.33. The lowest BCUT2D eigenvalue weighted by molar-refractivity contribution is 0.355. The quantitative estimate of drug-likeness (QED) is 0.864. The highest BCUT2D eigenvalue weighted by molar-refractivity contribution is 5.83. The van der Waals surface area contributed by atoms with Gasteiger partial charge < -0.3 is 14.5 Å². The van der Waals surface area contributed by atoms with Crippen molar-refractivity contribution in [1.82, 2.24) is 4.98 Å². The number of aryl methyl sites for hydroxylation is 1. The summed E-state index contributed by atoms with van der Waals surface area (Å²) >= 11 is 0. The molecule has 0 aliphatic rings. The van der Waals surface area contributed by atoms with Gasteiger partial charge >= 0.3 is 0 Å². The molecular formula is C13H15NO3. The Kier molecular flexibility index (Phi) is 2.79. The molecule has 0 fully saturated rings. The molecule has 1 N–H and O–H groups in total. The van der Waals surface area contributed by atoms with E-state index in [0.717, 1.165) is 16.8 Å². The molecule has 0 aliphatic heterocycles. The van der Waals surface area contributed by atoms with Crippen LogP contribution in [-0.2, 0) is 0 Å². The van der Waals surface area contributed by atoms with Gasteiger partial charge in [0.2, 0.25) is 0 Å². The first-order chi connectivity index (χ1) is 8.08. The minimum atomic E-state index is 0.0252. The Hall–Kier alpha value is -1.97. The summed E-state index contributed by atoms with van der Waals surface area (Å²) in [5, 5.41) is 0.616. The lowest BCUT2D eigenvalue weighted by Gasteiger charge is -2.10. The van der Waals surface area contributed by atoms with Crippen LogP contribution in [0.1, 0.15) is 11.3 Å². The molecule has 0 saturated heterocycles. The van der Waals surface area contributed by atoms with Gasteiger partial charge in [0.25, 0.3) is 0 Å². The fraction of sp³-hybridized carbons (Fsp3) is 0.308. The van der Waals surface area contributed by atoms with E-state index in [1.54, 1.807) is 26.4 Å². The Labute approximate surface area is 99.2 Å². The summed E-state index contributed by atoms with van der Waals surface area (Å²) in [6.07, 6.45) is 0. The molecule has 4 heteroatoms. The van der Waals surface area contributed by atoms with Crippen molar-refractivity contribution in [2.45, 2.75) is 13.8 Å². The zero-order valence-corrected chi connectivity index (χ0v) is 10.4. The lowest BCUT2D eigenvalue weighted by atomic mass is 10.1. The number of pyridine rings is 1. The standard InChI is InChI=1S/C13H15NO3/c1-7-8(2)14-10-6-12(17-4)11(16-3)5-9(10)13(7)15/h5-6H,1-4H3,(H,14,15). The van der Waals surface area contributed by atoms with Gasteiger partial charge in [-0.2, -0.15) is 0 Å². The van der Waals surface area contributed by atoms with Crippen molar-refractivity contribution in [2.24, 2.45) is 0 Å². The summed E-state index contributed by atoms with van der Waals surface area (Å²) in [5.41, 5.74) is 2.38. The van der Waals surface area contributed by atoms with Crippen LogP contribution in [0.5, 0.6) is 11.5 Å². The third-order valence-electron chi connectivity index (χ3n) is 2.99. The van der Waals surface area contributed by atoms with Crippen LogP contribution in [0.15, 0.2) is 16.9 Å². The molecule has 0 radical (unpaired) electrons. The number of rotatable bonds is 2. The number of nitrogens with one attached hydrogen (secondary N) is 1. The lowest BCUT2D eigenvalue weighted by Crippen LogP contribution is -2.10. The van der Waals surface area contributed by atoms with Gasteiger partial charge in [-0.25, -0.2) is 0 Å². The maximum absolute atomic E-state index is 12.1. The molecule has 0 spiro atoms. The first kappa shape index (κ1) is 11.5. The van der Waals surface area contributed by atoms with Crippen molar-refractivity contribution in [3.63, 3.8) is 0 Å². The Bertz CT molecular complexity index is 629. The third kappa shape index (κ3) is 1.75. The van der Waals surface area contributed by atoms with Crippen LogP contribution in [0.25, 0.3) is 10.9 Å². The Balaban J connectivity index is 2.88. The number of fused-ring (bicyclic) bond motifs is 1.